The van der Waals surface area contributed by atoms with Gasteiger partial charge in [0.15, 0.2) is 8.07 Å². The van der Waals surface area contributed by atoms with Crippen molar-refractivity contribution in [1.82, 2.24) is 0 Å². The first-order chi connectivity index (χ1) is 46.2. The smallest absolute Gasteiger partial charge is 0.264 e. The van der Waals surface area contributed by atoms with Crippen molar-refractivity contribution < 1.29 is 20.6 Å². The number of rotatable bonds is 10. The summed E-state index contributed by atoms with van der Waals surface area (Å²) < 4.78 is 138. The van der Waals surface area contributed by atoms with Gasteiger partial charge in [-0.3, -0.25) is 0 Å². The zero-order chi connectivity index (χ0) is 68.8. The molecule has 0 radical (unpaired) electrons. The van der Waals surface area contributed by atoms with E-state index in [9.17, 15) is 8.22 Å². The van der Waals surface area contributed by atoms with Crippen molar-refractivity contribution in [1.29, 1.82) is 0 Å². The van der Waals surface area contributed by atoms with E-state index in [0.29, 0.717) is 11.3 Å². The molecule has 6 heteroatoms. The maximum absolute atomic E-state index is 9.55. The van der Waals surface area contributed by atoms with Gasteiger partial charge in [0, 0.05) is 60.4 Å². The number of anilines is 9. The van der Waals surface area contributed by atoms with E-state index in [4.69, 9.17) is 12.3 Å². The third kappa shape index (κ3) is 8.85. The molecule has 1 fully saturated rings. The monoisotopic (exact) mass is 1110 g/mol. The molecule has 0 bridgehead atoms. The molecule has 1 saturated carbocycles. The summed E-state index contributed by atoms with van der Waals surface area (Å²) in [6, 6.07) is 47.0. The maximum atomic E-state index is 9.55. The quantitative estimate of drug-likeness (QED) is 0.0998. The Labute approximate surface area is 512 Å². The van der Waals surface area contributed by atoms with Crippen LogP contribution in [-0.4, -0.2) is 14.8 Å². The second-order valence-electron chi connectivity index (χ2n) is 24.1. The van der Waals surface area contributed by atoms with Crippen LogP contribution in [0.5, 0.6) is 0 Å². The number of nitrogens with zero attached hydrogens (tertiary/aromatic N) is 3. The van der Waals surface area contributed by atoms with Crippen molar-refractivity contribution in [2.75, 3.05) is 14.7 Å². The lowest BCUT2D eigenvalue weighted by Gasteiger charge is -2.47. The Morgan fingerprint density at radius 3 is 1.56 bits per heavy atom. The van der Waals surface area contributed by atoms with Gasteiger partial charge in [-0.2, -0.15) is 0 Å². The summed E-state index contributed by atoms with van der Waals surface area (Å²) in [6.45, 7) is 12.5. The van der Waals surface area contributed by atoms with Crippen LogP contribution in [0, 0.1) is 0 Å². The Balaban J connectivity index is 1.18. The normalized spacial score (nSPS) is 16.9. The van der Waals surface area contributed by atoms with Gasteiger partial charge in [-0.25, -0.2) is 0 Å². The second-order valence-corrected chi connectivity index (χ2v) is 29.3. The highest BCUT2D eigenvalue weighted by atomic mass is 32.1. The molecule has 402 valence electrons. The van der Waals surface area contributed by atoms with Crippen molar-refractivity contribution in [3.05, 3.63) is 259 Å². The first-order valence-corrected chi connectivity index (χ1v) is 31.4. The molecule has 82 heavy (non-hydrogen) atoms. The van der Waals surface area contributed by atoms with Gasteiger partial charge in [-0.05, 0) is 150 Å². The standard InChI is InChI=1S/C76H70BN3SSi/c1-75(2,3)55-38-42-59(43-39-55)79-68-50-61(78(57-27-15-8-16-28-57)58-29-17-9-18-30-58)46-47-67(68)77-72-69(79)51-65(82(62-31-19-10-20-32-62,63-33-21-11-22-34-63)64-35-23-12-24-36-64)52-70(72)80(60-44-40-56(41-45-60)76(4,5)6)73-66-49-54(53-25-13-7-14-26-53)37-48-71(66)81-74(73)77/h7-11,13-22,25-34,37-52,64H,12,23-24,35-36H2,1-6H3/i7D,8D,9D,13D,14D,15D,16D,17D,18D,25D,26D,27D,28D,29D,30D. The van der Waals surface area contributed by atoms with Crippen LogP contribution in [0.25, 0.3) is 21.2 Å². The van der Waals surface area contributed by atoms with E-state index in [2.05, 4.69) is 173 Å². The first-order valence-electron chi connectivity index (χ1n) is 36.0. The van der Waals surface area contributed by atoms with E-state index >= 15 is 0 Å². The van der Waals surface area contributed by atoms with Crippen LogP contribution in [0.4, 0.5) is 51.2 Å². The van der Waals surface area contributed by atoms with Gasteiger partial charge in [0.05, 0.1) is 26.2 Å². The van der Waals surface area contributed by atoms with Gasteiger partial charge in [-0.15, -0.1) is 11.3 Å². The van der Waals surface area contributed by atoms with Crippen LogP contribution in [-0.2, 0) is 10.8 Å². The van der Waals surface area contributed by atoms with Crippen LogP contribution in [0.2, 0.25) is 5.54 Å². The predicted molar refractivity (Wildman–Crippen MR) is 358 cm³/mol. The van der Waals surface area contributed by atoms with Gasteiger partial charge in [-0.1, -0.05) is 237 Å². The van der Waals surface area contributed by atoms with Gasteiger partial charge in [0.25, 0.3) is 6.71 Å². The summed E-state index contributed by atoms with van der Waals surface area (Å²) >= 11 is 1.60. The summed E-state index contributed by atoms with van der Waals surface area (Å²) in [4.78, 5) is 5.89. The van der Waals surface area contributed by atoms with Crippen LogP contribution in [0.15, 0.2) is 248 Å². The molecule has 0 saturated heterocycles. The summed E-state index contributed by atoms with van der Waals surface area (Å²) in [5.41, 5.74) is 8.51. The minimum Gasteiger partial charge on any atom is -0.311 e. The lowest BCUT2D eigenvalue weighted by atomic mass is 9.36. The fourth-order valence-electron chi connectivity index (χ4n) is 13.4. The van der Waals surface area contributed by atoms with E-state index in [-0.39, 0.29) is 39.7 Å². The van der Waals surface area contributed by atoms with Crippen molar-refractivity contribution in [2.45, 2.75) is 90.0 Å². The van der Waals surface area contributed by atoms with Crippen molar-refractivity contribution >= 4 is 119 Å². The fourth-order valence-corrected chi connectivity index (χ4v) is 20.5. The van der Waals surface area contributed by atoms with E-state index in [1.54, 1.807) is 17.4 Å². The number of fused-ring (bicyclic) bond motifs is 6. The Bertz CT molecular complexity index is 4840. The first kappa shape index (κ1) is 37.8. The summed E-state index contributed by atoms with van der Waals surface area (Å²) in [5.74, 6) is 0. The molecule has 14 rings (SSSR count). The summed E-state index contributed by atoms with van der Waals surface area (Å²) in [6.07, 6.45) is 5.24. The third-order valence-corrected chi connectivity index (χ3v) is 23.9. The molecule has 0 unspecified atom stereocenters. The molecule has 0 N–H and O–H groups in total. The molecular weight excluding hydrogens is 1030 g/mol. The minimum absolute atomic E-state index is 0.0788. The van der Waals surface area contributed by atoms with Gasteiger partial charge >= 0.3 is 0 Å². The van der Waals surface area contributed by atoms with Gasteiger partial charge < -0.3 is 14.7 Å². The number of benzene rings is 10. The summed E-state index contributed by atoms with van der Waals surface area (Å²) in [5, 5.41) is 4.45. The van der Waals surface area contributed by atoms with Gasteiger partial charge in [0.2, 0.25) is 0 Å². The van der Waals surface area contributed by atoms with Crippen LogP contribution < -0.4 is 46.0 Å². The Hall–Kier alpha value is -8.16. The molecule has 1 aromatic heterocycles. The SMILES string of the molecule is [2H]c1c([2H])c([2H])c(-c2ccc3sc4c(c3c2)N(c2ccc(C(C)(C)C)cc2)c2cc([Si](c3ccccc3)(c3ccccc3)C3CCCCC3)cc3c2B4c2ccc(N(c4c([2H])c([2H])c([2H])c([2H])c4[2H])c4c([2H])c([2H])c([2H])c([2H])c4[2H])cc2N3c2ccc(C(C)(C)C)cc2)c([2H])c1[2H]. The number of para-hydroxylation sites is 2. The lowest BCUT2D eigenvalue weighted by Crippen LogP contribution is -2.71. The predicted octanol–water partition coefficient (Wildman–Crippen LogP) is 17.5. The molecular formula is C76H70BN3SSi. The van der Waals surface area contributed by atoms with Crippen LogP contribution >= 0.6 is 11.3 Å². The largest absolute Gasteiger partial charge is 0.311 e. The second kappa shape index (κ2) is 20.7. The summed E-state index contributed by atoms with van der Waals surface area (Å²) in [7, 11) is -3.27. The van der Waals surface area contributed by atoms with Crippen LogP contribution in [0.1, 0.15) is 105 Å². The Morgan fingerprint density at radius 1 is 0.488 bits per heavy atom. The number of thiophene rings is 1. The molecule has 0 amide bonds. The number of hydrogen-bond acceptors (Lipinski definition) is 4. The van der Waals surface area contributed by atoms with Crippen LogP contribution in [0.3, 0.4) is 0 Å². The Morgan fingerprint density at radius 2 is 1.01 bits per heavy atom. The molecule has 11 aromatic rings. The van der Waals surface area contributed by atoms with E-state index in [1.165, 1.54) is 15.3 Å². The zero-order valence-electron chi connectivity index (χ0n) is 62.0. The van der Waals surface area contributed by atoms with E-state index in [1.807, 2.05) is 30.3 Å². The molecule has 2 aliphatic heterocycles. The Kier molecular flexibility index (Phi) is 9.53. The van der Waals surface area contributed by atoms with Crippen molar-refractivity contribution in [3.8, 4) is 11.1 Å². The average Bonchev–Trinajstić information content (AvgIpc) is 1.68. The highest BCUT2D eigenvalue weighted by Crippen LogP contribution is 2.51. The third-order valence-electron chi connectivity index (χ3n) is 17.2. The lowest BCUT2D eigenvalue weighted by molar-refractivity contribution is 0.497. The highest BCUT2D eigenvalue weighted by molar-refractivity contribution is 7.33. The van der Waals surface area contributed by atoms with Crippen molar-refractivity contribution in [3.63, 3.8) is 0 Å². The molecule has 10 aromatic carbocycles. The van der Waals surface area contributed by atoms with E-state index < -0.39 is 105 Å². The highest BCUT2D eigenvalue weighted by Gasteiger charge is 2.51. The zero-order valence-corrected chi connectivity index (χ0v) is 48.8. The van der Waals surface area contributed by atoms with E-state index in [0.717, 1.165) is 103 Å². The van der Waals surface area contributed by atoms with Crippen molar-refractivity contribution in [2.24, 2.45) is 0 Å². The maximum Gasteiger partial charge on any atom is 0.264 e. The molecule has 3 aliphatic rings. The minimum atomic E-state index is -3.27. The molecule has 0 spiro atoms. The molecule has 3 heterocycles. The average molecular weight is 1110 g/mol. The molecule has 0 atom stereocenters. The number of hydrogen-bond donors (Lipinski definition) is 0. The molecule has 1 aliphatic carbocycles. The fraction of sp³-hybridized carbons (Fsp3) is 0.184. The molecule has 3 nitrogen and oxygen atoms in total. The topological polar surface area (TPSA) is 9.72 Å². The van der Waals surface area contributed by atoms with Gasteiger partial charge in [0.1, 0.15) is 0 Å².